The van der Waals surface area contributed by atoms with Crippen LogP contribution in [0, 0.1) is 0 Å². The molecule has 7 heteroatoms. The van der Waals surface area contributed by atoms with Crippen molar-refractivity contribution in [2.45, 2.75) is 41.2 Å². The summed E-state index contributed by atoms with van der Waals surface area (Å²) in [5, 5.41) is 3.05. The molecule has 0 radical (unpaired) electrons. The molecule has 1 fully saturated rings. The van der Waals surface area contributed by atoms with Crippen LogP contribution in [0.1, 0.15) is 24.0 Å². The molecular formula is C21H24N2O3S2. The Bertz CT molecular complexity index is 914. The van der Waals surface area contributed by atoms with Gasteiger partial charge in [0, 0.05) is 24.0 Å². The second-order valence-corrected chi connectivity index (χ2v) is 10.6. The third-order valence-corrected chi connectivity index (χ3v) is 8.49. The summed E-state index contributed by atoms with van der Waals surface area (Å²) in [4.78, 5) is 13.8. The molecule has 1 atom stereocenters. The van der Waals surface area contributed by atoms with Crippen LogP contribution < -0.4 is 5.32 Å². The lowest BCUT2D eigenvalue weighted by molar-refractivity contribution is -0.121. The Hall–Kier alpha value is -1.83. The predicted molar refractivity (Wildman–Crippen MR) is 112 cm³/mol. The van der Waals surface area contributed by atoms with E-state index < -0.39 is 10.0 Å². The van der Waals surface area contributed by atoms with Crippen LogP contribution in [0.3, 0.4) is 0 Å². The van der Waals surface area contributed by atoms with Crippen LogP contribution >= 0.6 is 11.8 Å². The lowest BCUT2D eigenvalue weighted by Crippen LogP contribution is -2.48. The molecule has 4 rings (SSSR count). The Balaban J connectivity index is 1.28. The Kier molecular flexibility index (Phi) is 5.75. The second kappa shape index (κ2) is 8.27. The third-order valence-electron chi connectivity index (χ3n) is 5.33. The van der Waals surface area contributed by atoms with Crippen LogP contribution in [0.25, 0.3) is 0 Å². The zero-order valence-electron chi connectivity index (χ0n) is 15.6. The highest BCUT2D eigenvalue weighted by Gasteiger charge is 2.32. The molecule has 1 N–H and O–H groups in total. The topological polar surface area (TPSA) is 66.5 Å². The number of sulfonamides is 1. The van der Waals surface area contributed by atoms with Gasteiger partial charge in [0.05, 0.1) is 11.0 Å². The molecule has 0 aliphatic carbocycles. The number of nitrogens with zero attached hydrogens (tertiary/aromatic N) is 1. The van der Waals surface area contributed by atoms with E-state index in [4.69, 9.17) is 0 Å². The number of piperidine rings is 1. The number of carbonyl (C=O) groups is 1. The number of rotatable bonds is 5. The average Bonchev–Trinajstić information content (AvgIpc) is 3.13. The maximum atomic E-state index is 12.7. The first-order valence-electron chi connectivity index (χ1n) is 9.58. The van der Waals surface area contributed by atoms with Crippen molar-refractivity contribution in [1.29, 1.82) is 0 Å². The zero-order valence-corrected chi connectivity index (χ0v) is 17.2. The van der Waals surface area contributed by atoms with Crippen molar-refractivity contribution in [2.24, 2.45) is 0 Å². The van der Waals surface area contributed by atoms with Gasteiger partial charge < -0.3 is 5.32 Å². The van der Waals surface area contributed by atoms with Crippen molar-refractivity contribution in [3.63, 3.8) is 0 Å². The van der Waals surface area contributed by atoms with Gasteiger partial charge in [-0.2, -0.15) is 0 Å². The second-order valence-electron chi connectivity index (χ2n) is 7.34. The minimum absolute atomic E-state index is 0.0296. The molecule has 2 aliphatic rings. The van der Waals surface area contributed by atoms with Crippen LogP contribution in [-0.2, 0) is 27.0 Å². The summed E-state index contributed by atoms with van der Waals surface area (Å²) in [5.41, 5.74) is 2.03. The van der Waals surface area contributed by atoms with Crippen LogP contribution in [0.5, 0.6) is 0 Å². The Labute approximate surface area is 170 Å². The van der Waals surface area contributed by atoms with E-state index in [0.29, 0.717) is 25.9 Å². The highest BCUT2D eigenvalue weighted by molar-refractivity contribution is 8.01. The molecule has 2 aromatic carbocycles. The monoisotopic (exact) mass is 416 g/mol. The van der Waals surface area contributed by atoms with E-state index in [0.717, 1.165) is 12.0 Å². The van der Waals surface area contributed by atoms with Gasteiger partial charge in [0.25, 0.3) is 0 Å². The molecule has 2 aromatic rings. The third kappa shape index (κ3) is 4.42. The van der Waals surface area contributed by atoms with Gasteiger partial charge in [0.15, 0.2) is 0 Å². The Morgan fingerprint density at radius 1 is 1.04 bits per heavy atom. The first-order valence-corrected chi connectivity index (χ1v) is 12.1. The molecule has 0 saturated carbocycles. The largest absolute Gasteiger partial charge is 0.352 e. The van der Waals surface area contributed by atoms with Gasteiger partial charge in [0.2, 0.25) is 15.9 Å². The van der Waals surface area contributed by atoms with Crippen molar-refractivity contribution in [3.8, 4) is 0 Å². The number of hydrogen-bond acceptors (Lipinski definition) is 4. The van der Waals surface area contributed by atoms with Crippen molar-refractivity contribution in [2.75, 3.05) is 13.1 Å². The highest BCUT2D eigenvalue weighted by Crippen LogP contribution is 2.36. The molecule has 0 spiro atoms. The van der Waals surface area contributed by atoms with Gasteiger partial charge in [-0.05, 0) is 36.5 Å². The number of fused-ring (bicyclic) bond motifs is 1. The fourth-order valence-electron chi connectivity index (χ4n) is 3.78. The first kappa shape index (κ1) is 19.5. The van der Waals surface area contributed by atoms with Gasteiger partial charge in [0.1, 0.15) is 0 Å². The zero-order chi connectivity index (χ0) is 19.6. The summed E-state index contributed by atoms with van der Waals surface area (Å²) >= 11 is 1.62. The summed E-state index contributed by atoms with van der Waals surface area (Å²) in [7, 11) is -3.32. The smallest absolute Gasteiger partial charge is 0.234 e. The maximum Gasteiger partial charge on any atom is 0.234 e. The minimum atomic E-state index is -3.32. The number of nitrogens with one attached hydrogen (secondary N) is 1. The molecule has 2 aliphatic heterocycles. The van der Waals surface area contributed by atoms with Crippen LogP contribution in [0.4, 0.5) is 0 Å². The van der Waals surface area contributed by atoms with E-state index in [9.17, 15) is 13.2 Å². The van der Waals surface area contributed by atoms with Crippen molar-refractivity contribution >= 4 is 27.7 Å². The van der Waals surface area contributed by atoms with Crippen molar-refractivity contribution < 1.29 is 13.2 Å². The molecular weight excluding hydrogens is 392 g/mol. The van der Waals surface area contributed by atoms with E-state index >= 15 is 0 Å². The van der Waals surface area contributed by atoms with Crippen molar-refractivity contribution in [1.82, 2.24) is 9.62 Å². The summed E-state index contributed by atoms with van der Waals surface area (Å²) in [6.45, 7) is 0.913. The van der Waals surface area contributed by atoms with Crippen LogP contribution in [0.15, 0.2) is 59.5 Å². The van der Waals surface area contributed by atoms with E-state index in [1.807, 2.05) is 42.5 Å². The van der Waals surface area contributed by atoms with Crippen molar-refractivity contribution in [3.05, 3.63) is 65.7 Å². The molecule has 5 nitrogen and oxygen atoms in total. The van der Waals surface area contributed by atoms with Crippen LogP contribution in [-0.4, -0.2) is 43.0 Å². The molecule has 28 heavy (non-hydrogen) atoms. The number of amides is 1. The molecule has 2 heterocycles. The standard InChI is InChI=1S/C21H24N2O3S2/c24-21(20-14-17-8-4-5-9-19(17)27-20)22-18-10-12-23(13-11-18)28(25,26)15-16-6-2-1-3-7-16/h1-9,18,20H,10-15H2,(H,22,24). The lowest BCUT2D eigenvalue weighted by atomic mass is 10.1. The van der Waals surface area contributed by atoms with Crippen LogP contribution in [0.2, 0.25) is 0 Å². The molecule has 1 saturated heterocycles. The highest BCUT2D eigenvalue weighted by atomic mass is 32.2. The van der Waals surface area contributed by atoms with E-state index in [1.165, 1.54) is 10.5 Å². The molecule has 1 amide bonds. The first-order chi connectivity index (χ1) is 13.5. The maximum absolute atomic E-state index is 12.7. The van der Waals surface area contributed by atoms with Gasteiger partial charge in [-0.25, -0.2) is 12.7 Å². The predicted octanol–water partition coefficient (Wildman–Crippen LogP) is 2.81. The fraction of sp³-hybridized carbons (Fsp3) is 0.381. The van der Waals surface area contributed by atoms with E-state index in [2.05, 4.69) is 17.4 Å². The number of benzene rings is 2. The summed E-state index contributed by atoms with van der Waals surface area (Å²) in [6.07, 6.45) is 2.07. The normalized spacial score (nSPS) is 20.6. The summed E-state index contributed by atoms with van der Waals surface area (Å²) in [6, 6.07) is 17.4. The Morgan fingerprint density at radius 2 is 1.71 bits per heavy atom. The van der Waals surface area contributed by atoms with Gasteiger partial charge >= 0.3 is 0 Å². The van der Waals surface area contributed by atoms with E-state index in [-0.39, 0.29) is 23.0 Å². The molecule has 0 bridgehead atoms. The van der Waals surface area contributed by atoms with Gasteiger partial charge in [-0.15, -0.1) is 11.8 Å². The molecule has 1 unspecified atom stereocenters. The molecule has 148 valence electrons. The number of hydrogen-bond donors (Lipinski definition) is 1. The van der Waals surface area contributed by atoms with E-state index in [1.54, 1.807) is 16.1 Å². The summed E-state index contributed by atoms with van der Waals surface area (Å²) in [5.74, 6) is 0.0914. The lowest BCUT2D eigenvalue weighted by Gasteiger charge is -2.32. The SMILES string of the molecule is O=C(NC1CCN(S(=O)(=O)Cc2ccccc2)CC1)C1Cc2ccccc2S1. The van der Waals surface area contributed by atoms with Gasteiger partial charge in [-0.3, -0.25) is 4.79 Å². The fourth-order valence-corrected chi connectivity index (χ4v) is 6.54. The quantitative estimate of drug-likeness (QED) is 0.814. The summed E-state index contributed by atoms with van der Waals surface area (Å²) < 4.78 is 26.9. The average molecular weight is 417 g/mol. The number of thioether (sulfide) groups is 1. The number of carbonyl (C=O) groups excluding carboxylic acids is 1. The molecule has 0 aromatic heterocycles. The van der Waals surface area contributed by atoms with Gasteiger partial charge in [-0.1, -0.05) is 48.5 Å². The minimum Gasteiger partial charge on any atom is -0.352 e. The Morgan fingerprint density at radius 3 is 2.43 bits per heavy atom.